The average molecular weight is 445 g/mol. The lowest BCUT2D eigenvalue weighted by atomic mass is 9.80. The highest BCUT2D eigenvalue weighted by Gasteiger charge is 2.39. The van der Waals surface area contributed by atoms with Crippen molar-refractivity contribution in [3.63, 3.8) is 0 Å². The van der Waals surface area contributed by atoms with Gasteiger partial charge >= 0.3 is 0 Å². The summed E-state index contributed by atoms with van der Waals surface area (Å²) < 4.78 is 29.1. The first-order chi connectivity index (χ1) is 15.3. The van der Waals surface area contributed by atoms with Crippen molar-refractivity contribution in [2.45, 2.75) is 26.3 Å². The van der Waals surface area contributed by atoms with E-state index in [0.29, 0.717) is 48.7 Å². The second kappa shape index (κ2) is 9.89. The van der Waals surface area contributed by atoms with Crippen LogP contribution in [0.2, 0.25) is 0 Å². The zero-order valence-electron chi connectivity index (χ0n) is 18.9. The molecule has 0 saturated carbocycles. The third kappa shape index (κ3) is 4.95. The molecule has 1 aliphatic rings. The molecule has 0 aliphatic carbocycles. The Kier molecular flexibility index (Phi) is 7.22. The van der Waals surface area contributed by atoms with E-state index in [0.717, 1.165) is 5.56 Å². The molecule has 1 N–H and O–H groups in total. The molecule has 2 aromatic carbocycles. The summed E-state index contributed by atoms with van der Waals surface area (Å²) in [7, 11) is 4.49. The maximum absolute atomic E-state index is 13.3. The van der Waals surface area contributed by atoms with Gasteiger partial charge in [0.15, 0.2) is 11.5 Å². The molecule has 7 nitrogen and oxygen atoms in total. The lowest BCUT2D eigenvalue weighted by molar-refractivity contribution is -0.132. The van der Waals surface area contributed by atoms with E-state index < -0.39 is 5.41 Å². The van der Waals surface area contributed by atoms with Crippen LogP contribution in [0.3, 0.4) is 0 Å². The fourth-order valence-electron chi connectivity index (χ4n) is 3.98. The predicted molar refractivity (Wildman–Crippen MR) is 118 cm³/mol. The highest BCUT2D eigenvalue weighted by molar-refractivity contribution is 5.96. The summed E-state index contributed by atoms with van der Waals surface area (Å²) >= 11 is 0. The number of carbonyl (C=O) groups is 2. The summed E-state index contributed by atoms with van der Waals surface area (Å²) in [4.78, 5) is 27.9. The number of rotatable bonds is 7. The normalized spacial score (nSPS) is 18.1. The van der Waals surface area contributed by atoms with Gasteiger partial charge in [-0.25, -0.2) is 4.39 Å². The molecule has 0 bridgehead atoms. The monoisotopic (exact) mass is 444 g/mol. The molecule has 0 aromatic heterocycles. The molecule has 32 heavy (non-hydrogen) atoms. The van der Waals surface area contributed by atoms with Gasteiger partial charge in [0, 0.05) is 25.2 Å². The molecule has 3 rings (SSSR count). The molecule has 1 unspecified atom stereocenters. The summed E-state index contributed by atoms with van der Waals surface area (Å²) in [6, 6.07) is 9.23. The number of likely N-dealkylation sites (tertiary alicyclic amines) is 1. The first-order valence-electron chi connectivity index (χ1n) is 10.4. The molecule has 1 heterocycles. The van der Waals surface area contributed by atoms with Crippen LogP contribution in [-0.4, -0.2) is 51.1 Å². The third-order valence-corrected chi connectivity index (χ3v) is 5.81. The van der Waals surface area contributed by atoms with Crippen LogP contribution in [0, 0.1) is 11.2 Å². The van der Waals surface area contributed by atoms with Crippen molar-refractivity contribution in [3.8, 4) is 17.2 Å². The number of methoxy groups -OCH3 is 3. The second-order valence-electron chi connectivity index (χ2n) is 8.11. The Labute approximate surface area is 187 Å². The molecule has 1 atom stereocenters. The molecule has 2 aromatic rings. The number of nitrogens with one attached hydrogen (secondary N) is 1. The van der Waals surface area contributed by atoms with Crippen LogP contribution in [0.1, 0.15) is 35.7 Å². The van der Waals surface area contributed by atoms with Gasteiger partial charge in [-0.1, -0.05) is 12.1 Å². The minimum atomic E-state index is -0.728. The highest BCUT2D eigenvalue weighted by Crippen LogP contribution is 2.39. The Balaban J connectivity index is 1.73. The Morgan fingerprint density at radius 2 is 1.69 bits per heavy atom. The van der Waals surface area contributed by atoms with E-state index in [-0.39, 0.29) is 24.2 Å². The molecular formula is C24H29FN2O5. The molecule has 1 aliphatic heterocycles. The smallest absolute Gasteiger partial charge is 0.254 e. The van der Waals surface area contributed by atoms with Crippen LogP contribution in [0.15, 0.2) is 36.4 Å². The summed E-state index contributed by atoms with van der Waals surface area (Å²) in [6.45, 7) is 3.01. The first kappa shape index (κ1) is 23.4. The zero-order chi connectivity index (χ0) is 23.3. The van der Waals surface area contributed by atoms with Gasteiger partial charge in [-0.3, -0.25) is 9.59 Å². The van der Waals surface area contributed by atoms with Gasteiger partial charge in [-0.15, -0.1) is 0 Å². The summed E-state index contributed by atoms with van der Waals surface area (Å²) in [5.74, 6) is 0.542. The van der Waals surface area contributed by atoms with Gasteiger partial charge in [0.05, 0.1) is 26.7 Å². The van der Waals surface area contributed by atoms with Gasteiger partial charge in [-0.2, -0.15) is 0 Å². The van der Waals surface area contributed by atoms with Crippen molar-refractivity contribution in [1.29, 1.82) is 0 Å². The number of piperidine rings is 1. The zero-order valence-corrected chi connectivity index (χ0v) is 18.9. The Morgan fingerprint density at radius 1 is 1.06 bits per heavy atom. The van der Waals surface area contributed by atoms with E-state index in [1.165, 1.54) is 33.5 Å². The Hall–Kier alpha value is -3.29. The van der Waals surface area contributed by atoms with Crippen LogP contribution < -0.4 is 19.5 Å². The number of carbonyl (C=O) groups excluding carboxylic acids is 2. The van der Waals surface area contributed by atoms with E-state index in [9.17, 15) is 14.0 Å². The standard InChI is InChI=1S/C24H29FN2O5/c1-24(23(29)26-14-16-6-8-18(25)9-7-16)10-5-11-27(15-24)22(28)17-12-19(30-2)21(32-4)20(13-17)31-3/h6-9,12-13H,5,10-11,14-15H2,1-4H3,(H,26,29). The topological polar surface area (TPSA) is 77.1 Å². The third-order valence-electron chi connectivity index (χ3n) is 5.81. The molecule has 2 amide bonds. The largest absolute Gasteiger partial charge is 0.493 e. The quantitative estimate of drug-likeness (QED) is 0.708. The fraction of sp³-hybridized carbons (Fsp3) is 0.417. The lowest BCUT2D eigenvalue weighted by Crippen LogP contribution is -2.51. The van der Waals surface area contributed by atoms with Crippen molar-refractivity contribution < 1.29 is 28.2 Å². The van der Waals surface area contributed by atoms with Gasteiger partial charge in [-0.05, 0) is 49.6 Å². The Bertz CT molecular complexity index is 954. The molecular weight excluding hydrogens is 415 g/mol. The van der Waals surface area contributed by atoms with Crippen LogP contribution in [0.4, 0.5) is 4.39 Å². The van der Waals surface area contributed by atoms with Crippen molar-refractivity contribution >= 4 is 11.8 Å². The van der Waals surface area contributed by atoms with E-state index >= 15 is 0 Å². The van der Waals surface area contributed by atoms with Crippen molar-refractivity contribution in [3.05, 3.63) is 53.3 Å². The maximum Gasteiger partial charge on any atom is 0.254 e. The van der Waals surface area contributed by atoms with Crippen molar-refractivity contribution in [2.75, 3.05) is 34.4 Å². The summed E-state index contributed by atoms with van der Waals surface area (Å²) in [5, 5.41) is 2.92. The molecule has 172 valence electrons. The van der Waals surface area contributed by atoms with Gasteiger partial charge < -0.3 is 24.4 Å². The molecule has 0 radical (unpaired) electrons. The molecule has 8 heteroatoms. The van der Waals surface area contributed by atoms with Crippen LogP contribution in [0.5, 0.6) is 17.2 Å². The predicted octanol–water partition coefficient (Wildman–Crippen LogP) is 3.41. The van der Waals surface area contributed by atoms with Crippen LogP contribution in [-0.2, 0) is 11.3 Å². The van der Waals surface area contributed by atoms with Crippen LogP contribution >= 0.6 is 0 Å². The van der Waals surface area contributed by atoms with E-state index in [1.54, 1.807) is 29.2 Å². The van der Waals surface area contributed by atoms with Crippen molar-refractivity contribution in [1.82, 2.24) is 10.2 Å². The number of hydrogen-bond acceptors (Lipinski definition) is 5. The summed E-state index contributed by atoms with van der Waals surface area (Å²) in [6.07, 6.45) is 1.37. The maximum atomic E-state index is 13.3. The van der Waals surface area contributed by atoms with Crippen molar-refractivity contribution in [2.24, 2.45) is 5.41 Å². The number of amides is 2. The SMILES string of the molecule is COc1cc(C(=O)N2CCCC(C)(C(=O)NCc3ccc(F)cc3)C2)cc(OC)c1OC. The van der Waals surface area contributed by atoms with Gasteiger partial charge in [0.1, 0.15) is 5.82 Å². The van der Waals surface area contributed by atoms with E-state index in [1.807, 2.05) is 6.92 Å². The fourth-order valence-corrected chi connectivity index (χ4v) is 3.98. The highest BCUT2D eigenvalue weighted by atomic mass is 19.1. The second-order valence-corrected chi connectivity index (χ2v) is 8.11. The number of halogens is 1. The number of nitrogens with zero attached hydrogens (tertiary/aromatic N) is 1. The summed E-state index contributed by atoms with van der Waals surface area (Å²) in [5.41, 5.74) is 0.481. The minimum Gasteiger partial charge on any atom is -0.493 e. The van der Waals surface area contributed by atoms with Gasteiger partial charge in [0.25, 0.3) is 5.91 Å². The number of hydrogen-bond donors (Lipinski definition) is 1. The Morgan fingerprint density at radius 3 is 2.25 bits per heavy atom. The van der Waals surface area contributed by atoms with Crippen LogP contribution in [0.25, 0.3) is 0 Å². The minimum absolute atomic E-state index is 0.135. The first-order valence-corrected chi connectivity index (χ1v) is 10.4. The van der Waals surface area contributed by atoms with E-state index in [2.05, 4.69) is 5.32 Å². The van der Waals surface area contributed by atoms with Gasteiger partial charge in [0.2, 0.25) is 11.7 Å². The lowest BCUT2D eigenvalue weighted by Gasteiger charge is -2.39. The molecule has 1 fully saturated rings. The number of ether oxygens (including phenoxy) is 3. The molecule has 1 saturated heterocycles. The number of benzene rings is 2. The average Bonchev–Trinajstić information content (AvgIpc) is 2.81. The molecule has 0 spiro atoms. The van der Waals surface area contributed by atoms with E-state index in [4.69, 9.17) is 14.2 Å².